The van der Waals surface area contributed by atoms with Gasteiger partial charge in [0, 0.05) is 25.8 Å². The van der Waals surface area contributed by atoms with E-state index in [1.807, 2.05) is 19.9 Å². The number of carbonyl (C=O) groups excluding carboxylic acids is 1. The number of aryl methyl sites for hydroxylation is 1. The molecule has 0 aromatic heterocycles. The molecule has 1 rings (SSSR count). The molecule has 0 radical (unpaired) electrons. The minimum atomic E-state index is -0.325. The van der Waals surface area contributed by atoms with Gasteiger partial charge in [0.15, 0.2) is 0 Å². The van der Waals surface area contributed by atoms with Crippen molar-refractivity contribution in [2.24, 2.45) is 0 Å². The lowest BCUT2D eigenvalue weighted by Crippen LogP contribution is -2.10. The quantitative estimate of drug-likeness (QED) is 0.484. The first-order valence-corrected chi connectivity index (χ1v) is 5.59. The molecule has 1 aromatic rings. The van der Waals surface area contributed by atoms with Crippen molar-refractivity contribution in [2.75, 3.05) is 26.1 Å². The zero-order chi connectivity index (χ0) is 12.8. The summed E-state index contributed by atoms with van der Waals surface area (Å²) >= 11 is 0. The normalized spacial score (nSPS) is 10.3. The third kappa shape index (κ3) is 3.75. The Morgan fingerprint density at radius 3 is 2.65 bits per heavy atom. The van der Waals surface area contributed by atoms with Crippen LogP contribution in [0.4, 0.5) is 5.69 Å². The molecule has 94 valence electrons. The lowest BCUT2D eigenvalue weighted by atomic mass is 10.0. The number of methoxy groups -OCH3 is 1. The summed E-state index contributed by atoms with van der Waals surface area (Å²) in [6.45, 7) is 4.76. The number of hydrogen-bond donors (Lipinski definition) is 1. The number of benzene rings is 1. The minimum Gasteiger partial charge on any atom is -0.462 e. The van der Waals surface area contributed by atoms with Crippen LogP contribution >= 0.6 is 0 Å². The van der Waals surface area contributed by atoms with E-state index in [1.165, 1.54) is 0 Å². The Hall–Kier alpha value is -1.55. The zero-order valence-electron chi connectivity index (χ0n) is 10.6. The second-order valence-corrected chi connectivity index (χ2v) is 3.99. The van der Waals surface area contributed by atoms with Crippen molar-refractivity contribution in [1.82, 2.24) is 0 Å². The van der Waals surface area contributed by atoms with Crippen molar-refractivity contribution in [2.45, 2.75) is 20.3 Å². The van der Waals surface area contributed by atoms with Crippen LogP contribution in [0.15, 0.2) is 12.1 Å². The average Bonchev–Trinajstić information content (AvgIpc) is 2.29. The Bertz CT molecular complexity index is 402. The maximum atomic E-state index is 11.8. The van der Waals surface area contributed by atoms with Crippen LogP contribution in [0, 0.1) is 13.8 Å². The Kier molecular flexibility index (Phi) is 4.97. The van der Waals surface area contributed by atoms with E-state index in [2.05, 4.69) is 0 Å². The van der Waals surface area contributed by atoms with Gasteiger partial charge in [-0.2, -0.15) is 0 Å². The molecule has 4 nitrogen and oxygen atoms in total. The van der Waals surface area contributed by atoms with E-state index in [0.29, 0.717) is 30.9 Å². The number of nitrogen functional groups attached to an aromatic ring is 1. The minimum absolute atomic E-state index is 0.325. The molecule has 0 aliphatic rings. The van der Waals surface area contributed by atoms with Gasteiger partial charge in [0.25, 0.3) is 0 Å². The highest BCUT2D eigenvalue weighted by Gasteiger charge is 2.12. The third-order valence-electron chi connectivity index (χ3n) is 2.64. The van der Waals surface area contributed by atoms with Gasteiger partial charge in [-0.1, -0.05) is 0 Å². The van der Waals surface area contributed by atoms with Gasteiger partial charge in [-0.15, -0.1) is 0 Å². The standard InChI is InChI=1S/C13H19NO3/c1-9-7-11(14)8-12(10(9)2)13(15)17-6-4-5-16-3/h7-8H,4-6,14H2,1-3H3. The van der Waals surface area contributed by atoms with E-state index < -0.39 is 0 Å². The summed E-state index contributed by atoms with van der Waals surface area (Å²) in [5.74, 6) is -0.325. The van der Waals surface area contributed by atoms with Crippen molar-refractivity contribution in [3.63, 3.8) is 0 Å². The van der Waals surface area contributed by atoms with E-state index in [9.17, 15) is 4.79 Å². The highest BCUT2D eigenvalue weighted by atomic mass is 16.5. The molecule has 0 saturated carbocycles. The fourth-order valence-electron chi connectivity index (χ4n) is 1.55. The van der Waals surface area contributed by atoms with Gasteiger partial charge in [-0.3, -0.25) is 0 Å². The summed E-state index contributed by atoms with van der Waals surface area (Å²) in [6.07, 6.45) is 0.697. The van der Waals surface area contributed by atoms with E-state index in [-0.39, 0.29) is 5.97 Å². The molecule has 0 saturated heterocycles. The molecule has 0 atom stereocenters. The molecular weight excluding hydrogens is 218 g/mol. The molecule has 0 amide bonds. The van der Waals surface area contributed by atoms with Crippen molar-refractivity contribution in [3.05, 3.63) is 28.8 Å². The third-order valence-corrected chi connectivity index (χ3v) is 2.64. The molecular formula is C13H19NO3. The molecule has 0 spiro atoms. The monoisotopic (exact) mass is 237 g/mol. The summed E-state index contributed by atoms with van der Waals surface area (Å²) < 4.78 is 10.0. The van der Waals surface area contributed by atoms with E-state index in [0.717, 1.165) is 11.1 Å². The van der Waals surface area contributed by atoms with Crippen LogP contribution in [0.2, 0.25) is 0 Å². The first-order chi connectivity index (χ1) is 8.06. The largest absolute Gasteiger partial charge is 0.462 e. The van der Waals surface area contributed by atoms with Gasteiger partial charge in [-0.05, 0) is 37.1 Å². The number of carbonyl (C=O) groups is 1. The maximum absolute atomic E-state index is 11.8. The Labute approximate surface area is 102 Å². The summed E-state index contributed by atoms with van der Waals surface area (Å²) in [7, 11) is 1.62. The smallest absolute Gasteiger partial charge is 0.338 e. The predicted octanol–water partition coefficient (Wildman–Crippen LogP) is 2.08. The van der Waals surface area contributed by atoms with Gasteiger partial charge in [0.1, 0.15) is 0 Å². The molecule has 0 fully saturated rings. The van der Waals surface area contributed by atoms with Crippen molar-refractivity contribution in [1.29, 1.82) is 0 Å². The van der Waals surface area contributed by atoms with Gasteiger partial charge in [0.2, 0.25) is 0 Å². The number of ether oxygens (including phenoxy) is 2. The summed E-state index contributed by atoms with van der Waals surface area (Å²) in [5.41, 5.74) is 8.74. The molecule has 0 heterocycles. The summed E-state index contributed by atoms with van der Waals surface area (Å²) in [5, 5.41) is 0. The van der Waals surface area contributed by atoms with E-state index in [4.69, 9.17) is 15.2 Å². The van der Waals surface area contributed by atoms with Crippen LogP contribution in [0.1, 0.15) is 27.9 Å². The van der Waals surface area contributed by atoms with Crippen LogP contribution < -0.4 is 5.73 Å². The van der Waals surface area contributed by atoms with E-state index >= 15 is 0 Å². The van der Waals surface area contributed by atoms with Crippen LogP contribution in [-0.4, -0.2) is 26.3 Å². The summed E-state index contributed by atoms with van der Waals surface area (Å²) in [4.78, 5) is 11.8. The first kappa shape index (κ1) is 13.5. The van der Waals surface area contributed by atoms with Gasteiger partial charge >= 0.3 is 5.97 Å². The second-order valence-electron chi connectivity index (χ2n) is 3.99. The molecule has 17 heavy (non-hydrogen) atoms. The summed E-state index contributed by atoms with van der Waals surface area (Å²) in [6, 6.07) is 3.50. The molecule has 2 N–H and O–H groups in total. The molecule has 0 aliphatic carbocycles. The average molecular weight is 237 g/mol. The van der Waals surface area contributed by atoms with Gasteiger partial charge in [-0.25, -0.2) is 4.79 Å². The number of rotatable bonds is 5. The lowest BCUT2D eigenvalue weighted by molar-refractivity contribution is 0.0467. The lowest BCUT2D eigenvalue weighted by Gasteiger charge is -2.10. The molecule has 0 aliphatic heterocycles. The number of anilines is 1. The maximum Gasteiger partial charge on any atom is 0.338 e. The van der Waals surface area contributed by atoms with Gasteiger partial charge in [0.05, 0.1) is 12.2 Å². The highest BCUT2D eigenvalue weighted by molar-refractivity contribution is 5.92. The Balaban J connectivity index is 2.69. The molecule has 0 unspecified atom stereocenters. The second kappa shape index (κ2) is 6.25. The van der Waals surface area contributed by atoms with Crippen LogP contribution in [-0.2, 0) is 9.47 Å². The van der Waals surface area contributed by atoms with Crippen molar-refractivity contribution < 1.29 is 14.3 Å². The van der Waals surface area contributed by atoms with E-state index in [1.54, 1.807) is 13.2 Å². The zero-order valence-corrected chi connectivity index (χ0v) is 10.6. The van der Waals surface area contributed by atoms with Crippen LogP contribution in [0.5, 0.6) is 0 Å². The predicted molar refractivity (Wildman–Crippen MR) is 67.1 cm³/mol. The first-order valence-electron chi connectivity index (χ1n) is 5.59. The number of hydrogen-bond acceptors (Lipinski definition) is 4. The van der Waals surface area contributed by atoms with Crippen LogP contribution in [0.3, 0.4) is 0 Å². The van der Waals surface area contributed by atoms with Crippen molar-refractivity contribution >= 4 is 11.7 Å². The fourth-order valence-corrected chi connectivity index (χ4v) is 1.55. The molecule has 1 aromatic carbocycles. The Morgan fingerprint density at radius 1 is 1.29 bits per heavy atom. The Morgan fingerprint density at radius 2 is 2.00 bits per heavy atom. The fraction of sp³-hybridized carbons (Fsp3) is 0.462. The topological polar surface area (TPSA) is 61.5 Å². The number of esters is 1. The SMILES string of the molecule is COCCCOC(=O)c1cc(N)cc(C)c1C. The molecule has 4 heteroatoms. The van der Waals surface area contributed by atoms with Gasteiger partial charge < -0.3 is 15.2 Å². The van der Waals surface area contributed by atoms with Crippen LogP contribution in [0.25, 0.3) is 0 Å². The highest BCUT2D eigenvalue weighted by Crippen LogP contribution is 2.18. The number of nitrogens with two attached hydrogens (primary N) is 1. The van der Waals surface area contributed by atoms with Crippen molar-refractivity contribution in [3.8, 4) is 0 Å². The molecule has 0 bridgehead atoms.